The van der Waals surface area contributed by atoms with E-state index < -0.39 is 0 Å². The molecule has 2 aromatic heterocycles. The Morgan fingerprint density at radius 1 is 1.35 bits per heavy atom. The molecule has 0 saturated carbocycles. The van der Waals surface area contributed by atoms with Crippen molar-refractivity contribution < 1.29 is 4.74 Å². The van der Waals surface area contributed by atoms with E-state index >= 15 is 0 Å². The lowest BCUT2D eigenvalue weighted by Crippen LogP contribution is -2.01. The molecule has 0 aliphatic carbocycles. The lowest BCUT2D eigenvalue weighted by molar-refractivity contribution is 0.415. The van der Waals surface area contributed by atoms with Crippen molar-refractivity contribution in [1.82, 2.24) is 14.8 Å². The van der Waals surface area contributed by atoms with E-state index in [4.69, 9.17) is 4.74 Å². The highest BCUT2D eigenvalue weighted by molar-refractivity contribution is 5.92. The number of hydrogen-bond donors (Lipinski definition) is 1. The molecule has 3 rings (SSSR count). The zero-order valence-electron chi connectivity index (χ0n) is 13.0. The average Bonchev–Trinajstić information content (AvgIpc) is 3.00. The molecule has 0 bridgehead atoms. The molecule has 0 saturated heterocycles. The van der Waals surface area contributed by atoms with Crippen LogP contribution < -0.4 is 10.1 Å². The topological polar surface area (TPSA) is 81.4 Å². The molecule has 7 nitrogen and oxygen atoms in total. The van der Waals surface area contributed by atoms with E-state index in [1.54, 1.807) is 19.5 Å². The third-order valence-electron chi connectivity index (χ3n) is 3.62. The van der Waals surface area contributed by atoms with E-state index in [9.17, 15) is 4.91 Å². The molecule has 0 aliphatic heterocycles. The fourth-order valence-corrected chi connectivity index (χ4v) is 2.48. The summed E-state index contributed by atoms with van der Waals surface area (Å²) >= 11 is 0. The number of benzene rings is 1. The Hall–Kier alpha value is -2.96. The number of hydrogen-bond acceptors (Lipinski definition) is 6. The maximum Gasteiger partial charge on any atom is 0.159 e. The van der Waals surface area contributed by atoms with Gasteiger partial charge >= 0.3 is 0 Å². The maximum atomic E-state index is 10.7. The monoisotopic (exact) mass is 311 g/mol. The molecule has 118 valence electrons. The molecule has 23 heavy (non-hydrogen) atoms. The molecule has 0 amide bonds. The largest absolute Gasteiger partial charge is 0.497 e. The van der Waals surface area contributed by atoms with Crippen molar-refractivity contribution in [3.05, 3.63) is 47.1 Å². The molecule has 0 fully saturated rings. The quantitative estimate of drug-likeness (QED) is 0.705. The molecule has 0 aliphatic rings. The summed E-state index contributed by atoms with van der Waals surface area (Å²) < 4.78 is 7.05. The number of nitrogens with zero attached hydrogens (tertiary/aromatic N) is 4. The summed E-state index contributed by atoms with van der Waals surface area (Å²) in [7, 11) is 1.62. The van der Waals surface area contributed by atoms with Gasteiger partial charge in [-0.05, 0) is 19.1 Å². The van der Waals surface area contributed by atoms with Gasteiger partial charge in [-0.15, -0.1) is 0 Å². The summed E-state index contributed by atoms with van der Waals surface area (Å²) in [4.78, 5) is 15.1. The summed E-state index contributed by atoms with van der Waals surface area (Å²) in [6, 6.07) is 7.58. The molecule has 2 heterocycles. The predicted octanol–water partition coefficient (Wildman–Crippen LogP) is 3.47. The van der Waals surface area contributed by atoms with Crippen LogP contribution in [0.4, 0.5) is 11.4 Å². The number of pyridine rings is 1. The van der Waals surface area contributed by atoms with Crippen LogP contribution in [0.2, 0.25) is 0 Å². The molecule has 1 N–H and O–H groups in total. The third-order valence-corrected chi connectivity index (χ3v) is 3.62. The van der Waals surface area contributed by atoms with Crippen LogP contribution >= 0.6 is 0 Å². The standard InChI is InChI=1S/C16H17N5O2/c1-3-21-16-14(10-18-21)15(11(8-17-16)9-19-22)20-12-5-4-6-13(7-12)23-2/h4-8,10H,3,9H2,1-2H3,(H,17,20). The SMILES string of the molecule is CCn1ncc2c(Nc3cccc(OC)c3)c(CN=O)cnc21. The summed E-state index contributed by atoms with van der Waals surface area (Å²) in [5.41, 5.74) is 3.15. The molecular formula is C16H17N5O2. The second-order valence-corrected chi connectivity index (χ2v) is 5.00. The second kappa shape index (κ2) is 6.43. The van der Waals surface area contributed by atoms with Crippen LogP contribution in [0.15, 0.2) is 41.8 Å². The summed E-state index contributed by atoms with van der Waals surface area (Å²) in [6.07, 6.45) is 3.42. The zero-order chi connectivity index (χ0) is 16.2. The maximum absolute atomic E-state index is 10.7. The molecule has 7 heteroatoms. The van der Waals surface area contributed by atoms with E-state index in [0.29, 0.717) is 0 Å². The first kappa shape index (κ1) is 15.0. The van der Waals surface area contributed by atoms with Gasteiger partial charge in [0.2, 0.25) is 0 Å². The fraction of sp³-hybridized carbons (Fsp3) is 0.250. The molecule has 0 atom stereocenters. The fourth-order valence-electron chi connectivity index (χ4n) is 2.48. The number of rotatable bonds is 6. The Morgan fingerprint density at radius 2 is 2.22 bits per heavy atom. The van der Waals surface area contributed by atoms with Crippen molar-refractivity contribution in [2.75, 3.05) is 12.4 Å². The number of nitrogens with one attached hydrogen (secondary N) is 1. The molecule has 1 aromatic carbocycles. The van der Waals surface area contributed by atoms with Gasteiger partial charge in [-0.1, -0.05) is 11.2 Å². The van der Waals surface area contributed by atoms with Gasteiger partial charge in [0.15, 0.2) is 5.65 Å². The third kappa shape index (κ3) is 2.85. The van der Waals surface area contributed by atoms with Gasteiger partial charge in [0.05, 0.1) is 24.4 Å². The number of methoxy groups -OCH3 is 1. The van der Waals surface area contributed by atoms with E-state index in [0.717, 1.165) is 40.3 Å². The van der Waals surface area contributed by atoms with E-state index in [1.807, 2.05) is 35.9 Å². The highest BCUT2D eigenvalue weighted by Crippen LogP contribution is 2.30. The first-order valence-corrected chi connectivity index (χ1v) is 7.30. The Kier molecular flexibility index (Phi) is 4.18. The van der Waals surface area contributed by atoms with Crippen LogP contribution in [-0.4, -0.2) is 21.9 Å². The van der Waals surface area contributed by atoms with Gasteiger partial charge in [0.1, 0.15) is 12.3 Å². The van der Waals surface area contributed by atoms with Crippen molar-refractivity contribution in [3.8, 4) is 5.75 Å². The molecule has 0 radical (unpaired) electrons. The van der Waals surface area contributed by atoms with Gasteiger partial charge < -0.3 is 10.1 Å². The van der Waals surface area contributed by atoms with Crippen molar-refractivity contribution in [3.63, 3.8) is 0 Å². The number of nitroso groups, excluding NO2 is 1. The Bertz CT molecular complexity index is 844. The van der Waals surface area contributed by atoms with Crippen LogP contribution in [0.25, 0.3) is 11.0 Å². The van der Waals surface area contributed by atoms with Gasteiger partial charge in [-0.3, -0.25) is 0 Å². The van der Waals surface area contributed by atoms with Gasteiger partial charge in [0.25, 0.3) is 0 Å². The smallest absolute Gasteiger partial charge is 0.159 e. The molecule has 3 aromatic rings. The van der Waals surface area contributed by atoms with Crippen molar-refractivity contribution >= 4 is 22.4 Å². The van der Waals surface area contributed by atoms with Gasteiger partial charge in [-0.25, -0.2) is 9.67 Å². The van der Waals surface area contributed by atoms with Gasteiger partial charge in [-0.2, -0.15) is 10.0 Å². The lowest BCUT2D eigenvalue weighted by Gasteiger charge is -2.12. The zero-order valence-corrected chi connectivity index (χ0v) is 13.0. The number of aryl methyl sites for hydroxylation is 1. The van der Waals surface area contributed by atoms with Crippen molar-refractivity contribution in [2.45, 2.75) is 20.0 Å². The van der Waals surface area contributed by atoms with Crippen molar-refractivity contribution in [2.24, 2.45) is 5.18 Å². The highest BCUT2D eigenvalue weighted by Gasteiger charge is 2.13. The highest BCUT2D eigenvalue weighted by atomic mass is 16.5. The first-order valence-electron chi connectivity index (χ1n) is 7.30. The van der Waals surface area contributed by atoms with Crippen LogP contribution in [0.3, 0.4) is 0 Å². The average molecular weight is 311 g/mol. The number of aromatic nitrogens is 3. The number of ether oxygens (including phenoxy) is 1. The number of anilines is 2. The van der Waals surface area contributed by atoms with Crippen molar-refractivity contribution in [1.29, 1.82) is 0 Å². The minimum Gasteiger partial charge on any atom is -0.497 e. The first-order chi connectivity index (χ1) is 11.3. The number of fused-ring (bicyclic) bond motifs is 1. The van der Waals surface area contributed by atoms with Gasteiger partial charge in [0, 0.05) is 30.1 Å². The molecular weight excluding hydrogens is 294 g/mol. The second-order valence-electron chi connectivity index (χ2n) is 5.00. The predicted molar refractivity (Wildman–Crippen MR) is 89.0 cm³/mol. The van der Waals surface area contributed by atoms with Crippen LogP contribution in [0.5, 0.6) is 5.75 Å². The van der Waals surface area contributed by atoms with Crippen LogP contribution in [0.1, 0.15) is 12.5 Å². The lowest BCUT2D eigenvalue weighted by atomic mass is 10.1. The van der Waals surface area contributed by atoms with Crippen LogP contribution in [-0.2, 0) is 13.1 Å². The van der Waals surface area contributed by atoms with E-state index in [-0.39, 0.29) is 6.54 Å². The summed E-state index contributed by atoms with van der Waals surface area (Å²) in [6.45, 7) is 2.77. The summed E-state index contributed by atoms with van der Waals surface area (Å²) in [5.74, 6) is 0.750. The minimum atomic E-state index is 0.0482. The Morgan fingerprint density at radius 3 is 2.96 bits per heavy atom. The normalized spacial score (nSPS) is 10.7. The summed E-state index contributed by atoms with van der Waals surface area (Å²) in [5, 5.41) is 11.5. The molecule has 0 unspecified atom stereocenters. The Labute approximate surface area is 133 Å². The molecule has 0 spiro atoms. The van der Waals surface area contributed by atoms with E-state index in [1.165, 1.54) is 0 Å². The minimum absolute atomic E-state index is 0.0482. The Balaban J connectivity index is 2.10. The van der Waals surface area contributed by atoms with Crippen LogP contribution in [0, 0.1) is 4.91 Å². The van der Waals surface area contributed by atoms with E-state index in [2.05, 4.69) is 20.6 Å².